The van der Waals surface area contributed by atoms with E-state index in [-0.39, 0.29) is 6.17 Å². The molecule has 1 aromatic heterocycles. The largest absolute Gasteiger partial charge is 0.360 e. The average Bonchev–Trinajstić information content (AvgIpc) is 2.75. The molecule has 4 nitrogen and oxygen atoms in total. The maximum Gasteiger partial charge on any atom is 0.171 e. The average molecular weight is 259 g/mol. The minimum Gasteiger partial charge on any atom is -0.360 e. The van der Waals surface area contributed by atoms with Crippen LogP contribution >= 0.6 is 12.2 Å². The molecule has 1 atom stereocenters. The molecule has 0 aliphatic carbocycles. The summed E-state index contributed by atoms with van der Waals surface area (Å²) in [5.41, 5.74) is 2.19. The van der Waals surface area contributed by atoms with Gasteiger partial charge in [0.15, 0.2) is 12.0 Å². The summed E-state index contributed by atoms with van der Waals surface area (Å²) in [5, 5.41) is 9.40. The van der Waals surface area contributed by atoms with Gasteiger partial charge in [-0.3, -0.25) is 0 Å². The molecule has 1 N–H and O–H groups in total. The van der Waals surface area contributed by atoms with E-state index < -0.39 is 0 Å². The number of isothiocyanates is 1. The van der Waals surface area contributed by atoms with Crippen molar-refractivity contribution < 1.29 is 4.52 Å². The SMILES string of the molecule is Cc1ccc(C(N=C=S)Nc2cc(C)on2)cc1. The van der Waals surface area contributed by atoms with E-state index in [1.165, 1.54) is 5.56 Å². The molecule has 0 aliphatic heterocycles. The third-order valence-electron chi connectivity index (χ3n) is 2.49. The first-order valence-corrected chi connectivity index (χ1v) is 5.93. The zero-order chi connectivity index (χ0) is 13.0. The van der Waals surface area contributed by atoms with Crippen LogP contribution in [0.15, 0.2) is 39.8 Å². The Balaban J connectivity index is 2.23. The molecule has 0 saturated heterocycles. The topological polar surface area (TPSA) is 50.4 Å². The maximum absolute atomic E-state index is 5.00. The Hall–Kier alpha value is -1.97. The summed E-state index contributed by atoms with van der Waals surface area (Å²) >= 11 is 4.67. The van der Waals surface area contributed by atoms with E-state index in [0.29, 0.717) is 5.82 Å². The van der Waals surface area contributed by atoms with Gasteiger partial charge in [0.2, 0.25) is 0 Å². The number of aromatic nitrogens is 1. The fourth-order valence-electron chi connectivity index (χ4n) is 1.57. The molecule has 5 heteroatoms. The number of benzene rings is 1. The van der Waals surface area contributed by atoms with Crippen molar-refractivity contribution in [3.63, 3.8) is 0 Å². The predicted molar refractivity (Wildman–Crippen MR) is 73.8 cm³/mol. The fourth-order valence-corrected chi connectivity index (χ4v) is 1.67. The first-order valence-electron chi connectivity index (χ1n) is 5.52. The van der Waals surface area contributed by atoms with E-state index in [4.69, 9.17) is 4.52 Å². The molecule has 0 amide bonds. The maximum atomic E-state index is 5.00. The number of hydrogen-bond acceptors (Lipinski definition) is 5. The van der Waals surface area contributed by atoms with E-state index in [2.05, 4.69) is 32.8 Å². The first-order chi connectivity index (χ1) is 8.69. The van der Waals surface area contributed by atoms with Crippen LogP contribution in [0.25, 0.3) is 0 Å². The van der Waals surface area contributed by atoms with Gasteiger partial charge in [-0.25, -0.2) is 4.99 Å². The van der Waals surface area contributed by atoms with Crippen LogP contribution < -0.4 is 5.32 Å². The molecule has 18 heavy (non-hydrogen) atoms. The molecule has 0 saturated carbocycles. The van der Waals surface area contributed by atoms with Gasteiger partial charge < -0.3 is 9.84 Å². The lowest BCUT2D eigenvalue weighted by molar-refractivity contribution is 0.399. The van der Waals surface area contributed by atoms with E-state index in [0.717, 1.165) is 11.3 Å². The van der Waals surface area contributed by atoms with E-state index >= 15 is 0 Å². The number of nitrogens with one attached hydrogen (secondary N) is 1. The van der Waals surface area contributed by atoms with Crippen molar-refractivity contribution in [2.75, 3.05) is 5.32 Å². The second-order valence-corrected chi connectivity index (χ2v) is 4.18. The van der Waals surface area contributed by atoms with Crippen molar-refractivity contribution in [3.8, 4) is 0 Å². The number of nitrogens with zero attached hydrogens (tertiary/aromatic N) is 2. The van der Waals surface area contributed by atoms with Crippen molar-refractivity contribution in [2.24, 2.45) is 4.99 Å². The molecule has 2 rings (SSSR count). The molecular formula is C13H13N3OS. The van der Waals surface area contributed by atoms with E-state index in [1.54, 1.807) is 6.07 Å². The molecular weight excluding hydrogens is 246 g/mol. The third kappa shape index (κ3) is 3.03. The van der Waals surface area contributed by atoms with E-state index in [1.807, 2.05) is 38.1 Å². The number of aryl methyl sites for hydroxylation is 2. The van der Waals surface area contributed by atoms with Gasteiger partial charge in [-0.15, -0.1) is 0 Å². The van der Waals surface area contributed by atoms with Gasteiger partial charge in [-0.1, -0.05) is 35.0 Å². The summed E-state index contributed by atoms with van der Waals surface area (Å²) in [6, 6.07) is 9.85. The number of thiocarbonyl (C=S) groups is 1. The third-order valence-corrected chi connectivity index (χ3v) is 2.59. The molecule has 0 spiro atoms. The molecule has 0 aliphatic rings. The van der Waals surface area contributed by atoms with Crippen LogP contribution in [-0.2, 0) is 0 Å². The van der Waals surface area contributed by atoms with Gasteiger partial charge in [0.05, 0.1) is 5.16 Å². The minimum absolute atomic E-state index is 0.299. The van der Waals surface area contributed by atoms with Gasteiger partial charge in [-0.2, -0.15) is 0 Å². The van der Waals surface area contributed by atoms with Gasteiger partial charge in [0, 0.05) is 6.07 Å². The molecule has 1 heterocycles. The Kier molecular flexibility index (Phi) is 3.87. The van der Waals surface area contributed by atoms with Crippen molar-refractivity contribution in [2.45, 2.75) is 20.0 Å². The second-order valence-electron chi connectivity index (χ2n) is 4.00. The lowest BCUT2D eigenvalue weighted by atomic mass is 10.1. The molecule has 0 fully saturated rings. The Morgan fingerprint density at radius 1 is 1.33 bits per heavy atom. The molecule has 1 unspecified atom stereocenters. The highest BCUT2D eigenvalue weighted by Crippen LogP contribution is 2.20. The zero-order valence-corrected chi connectivity index (χ0v) is 11.0. The standard InChI is InChI=1S/C13H13N3OS/c1-9-3-5-11(6-4-9)13(14-8-18)15-12-7-10(2)17-16-12/h3-7,13H,1-2H3,(H,15,16). The number of aliphatic imine (C=N–C) groups is 1. The Bertz CT molecular complexity index is 570. The molecule has 0 bridgehead atoms. The molecule has 1 aromatic carbocycles. The van der Waals surface area contributed by atoms with Crippen LogP contribution in [-0.4, -0.2) is 10.3 Å². The predicted octanol–water partition coefficient (Wildman–Crippen LogP) is 3.50. The summed E-state index contributed by atoms with van der Waals surface area (Å²) in [4.78, 5) is 4.10. The molecule has 92 valence electrons. The van der Waals surface area contributed by atoms with Crippen molar-refractivity contribution in [1.29, 1.82) is 0 Å². The first kappa shape index (κ1) is 12.5. The van der Waals surface area contributed by atoms with Gasteiger partial charge in [0.1, 0.15) is 5.76 Å². The highest BCUT2D eigenvalue weighted by molar-refractivity contribution is 7.78. The Morgan fingerprint density at radius 3 is 2.61 bits per heavy atom. The number of rotatable bonds is 4. The fraction of sp³-hybridized carbons (Fsp3) is 0.231. The quantitative estimate of drug-likeness (QED) is 0.674. The summed E-state index contributed by atoms with van der Waals surface area (Å²) in [5.74, 6) is 1.37. The van der Waals surface area contributed by atoms with Crippen LogP contribution in [0.2, 0.25) is 0 Å². The molecule has 2 aromatic rings. The smallest absolute Gasteiger partial charge is 0.171 e. The van der Waals surface area contributed by atoms with Crippen molar-refractivity contribution in [3.05, 3.63) is 47.2 Å². The minimum atomic E-state index is -0.299. The van der Waals surface area contributed by atoms with Crippen LogP contribution in [0.4, 0.5) is 5.82 Å². The lowest BCUT2D eigenvalue weighted by Crippen LogP contribution is -2.08. The van der Waals surface area contributed by atoms with Crippen LogP contribution in [0.5, 0.6) is 0 Å². The Morgan fingerprint density at radius 2 is 2.06 bits per heavy atom. The van der Waals surface area contributed by atoms with Gasteiger partial charge in [-0.05, 0) is 31.6 Å². The van der Waals surface area contributed by atoms with E-state index in [9.17, 15) is 0 Å². The number of anilines is 1. The van der Waals surface area contributed by atoms with Gasteiger partial charge in [0.25, 0.3) is 0 Å². The second kappa shape index (κ2) is 5.58. The van der Waals surface area contributed by atoms with Crippen LogP contribution in [0.1, 0.15) is 23.1 Å². The summed E-state index contributed by atoms with van der Waals surface area (Å²) < 4.78 is 5.00. The molecule has 0 radical (unpaired) electrons. The Labute approximate surface area is 111 Å². The van der Waals surface area contributed by atoms with Gasteiger partial charge >= 0.3 is 0 Å². The summed E-state index contributed by atoms with van der Waals surface area (Å²) in [7, 11) is 0. The highest BCUT2D eigenvalue weighted by Gasteiger charge is 2.11. The van der Waals surface area contributed by atoms with Crippen LogP contribution in [0, 0.1) is 13.8 Å². The lowest BCUT2D eigenvalue weighted by Gasteiger charge is -2.12. The van der Waals surface area contributed by atoms with Crippen molar-refractivity contribution in [1.82, 2.24) is 5.16 Å². The van der Waals surface area contributed by atoms with Crippen LogP contribution in [0.3, 0.4) is 0 Å². The normalized spacial score (nSPS) is 11.7. The van der Waals surface area contributed by atoms with Crippen molar-refractivity contribution >= 4 is 23.2 Å². The highest BCUT2D eigenvalue weighted by atomic mass is 32.1. The summed E-state index contributed by atoms with van der Waals surface area (Å²) in [6.07, 6.45) is -0.299. The zero-order valence-electron chi connectivity index (χ0n) is 10.2. The monoisotopic (exact) mass is 259 g/mol. The summed E-state index contributed by atoms with van der Waals surface area (Å²) in [6.45, 7) is 3.87. The number of hydrogen-bond donors (Lipinski definition) is 1.